The number of aliphatic hydroxyl groups excluding tert-OH is 1. The summed E-state index contributed by atoms with van der Waals surface area (Å²) in [5.41, 5.74) is 14.5. The van der Waals surface area contributed by atoms with E-state index in [4.69, 9.17) is 97.5 Å². The number of esters is 6. The molecule has 8 rings (SSSR count). The summed E-state index contributed by atoms with van der Waals surface area (Å²) in [5.74, 6) is 0.923. The lowest BCUT2D eigenvalue weighted by Crippen LogP contribution is -2.47. The number of hydrogen-bond acceptors (Lipinski definition) is 30. The second-order valence-electron chi connectivity index (χ2n) is 39.3. The van der Waals surface area contributed by atoms with E-state index >= 15 is 0 Å². The maximum atomic E-state index is 11.9. The Morgan fingerprint density at radius 2 is 0.530 bits per heavy atom. The first kappa shape index (κ1) is 133. The Hall–Kier alpha value is -9.79. The first-order valence-corrected chi connectivity index (χ1v) is 54.2. The van der Waals surface area contributed by atoms with Crippen LogP contribution in [0.5, 0.6) is 0 Å². The van der Waals surface area contributed by atoms with Gasteiger partial charge in [0.2, 0.25) is 11.8 Å². The molecule has 4 aliphatic rings. The summed E-state index contributed by atoms with van der Waals surface area (Å²) in [6, 6.07) is 37.9. The third kappa shape index (κ3) is 62.1. The summed E-state index contributed by atoms with van der Waals surface area (Å²) in [6.45, 7) is 39.9. The summed E-state index contributed by atoms with van der Waals surface area (Å²) in [4.78, 5) is 123. The van der Waals surface area contributed by atoms with Gasteiger partial charge in [0.15, 0.2) is 25.2 Å². The average Bonchev–Trinajstić information content (AvgIpc) is 0.829. The number of carboxylic acid groups (broad SMARTS) is 1. The van der Waals surface area contributed by atoms with Gasteiger partial charge in [0.1, 0.15) is 52.9 Å². The van der Waals surface area contributed by atoms with Crippen LogP contribution in [-0.2, 0) is 145 Å². The summed E-state index contributed by atoms with van der Waals surface area (Å²) in [7, 11) is 0. The highest BCUT2D eigenvalue weighted by atomic mass is 16.7. The summed E-state index contributed by atoms with van der Waals surface area (Å²) >= 11 is 0. The van der Waals surface area contributed by atoms with E-state index in [0.717, 1.165) is 157 Å². The molecule has 844 valence electrons. The number of nitrogens with two attached hydrogens (primary N) is 2. The maximum Gasteiger partial charge on any atom is 0.407 e. The van der Waals surface area contributed by atoms with Crippen molar-refractivity contribution in [2.45, 2.75) is 341 Å². The smallest absolute Gasteiger partial charge is 0.407 e. The van der Waals surface area contributed by atoms with Crippen molar-refractivity contribution in [1.82, 2.24) is 21.3 Å². The van der Waals surface area contributed by atoms with E-state index in [1.807, 2.05) is 121 Å². The SMILES string of the molecule is CC(=O)OCC1O[C@@H](OCCCCCCN)C(C)[C@@H](C)[C@H]1C.CC(=O)OCC1O[C@@H](OCCCCCCNC(=O)CCC(=O)OCc2ccccc2)C(C)[C@@H](C)[C@H]1C.CC(=O)OCC1O[C@@H](OCCCCCCNC(=O)CN)C(C)[C@@H](C)[C@H]1C.CC(=O)OCC1O[C@@H](OCCCCCCNC(=O)OCc2ccccc2)C(C)[C@@H](C)[C@H]1C.O=C(NCCCCCCO)OCc1ccccc1.O=C(O)CCC(=O)OCc1ccccc1. The number of carbonyl (C=O) groups is 11. The Labute approximate surface area is 887 Å². The molecule has 0 saturated carbocycles. The van der Waals surface area contributed by atoms with Gasteiger partial charge in [-0.15, -0.1) is 0 Å². The highest BCUT2D eigenvalue weighted by molar-refractivity contribution is 5.81. The number of carboxylic acids is 1. The van der Waals surface area contributed by atoms with Crippen molar-refractivity contribution in [3.05, 3.63) is 144 Å². The Morgan fingerprint density at radius 1 is 0.282 bits per heavy atom. The standard InChI is InChI=1S/C28H43NO7.C25H39NO6.C19H36N2O5.C17H33NO4.C14H21NO3.C11H12O4/c1-20-21(2)25(19-34-23(4)30)36-28(22(20)3)33-17-11-6-5-10-16-29-26(31)14-15-27(32)35-18-24-12-8-7-9-13-24;1-18-19(2)23(17-30-21(4)27)32-24(20(18)3)29-15-11-6-5-10-14-26-25(28)31-16-22-12-8-7-9-13-22;1-13-14(2)17(12-25-16(4)22)26-19(15(13)3)24-10-8-6-5-7-9-21-18(23)11-20;1-12-13(2)16(11-21-15(4)19)22-17(14(12)3)20-10-8-6-5-7-9-18;16-11-7-2-1-6-10-15-14(17)18-12-13-8-4-3-5-9-13;12-10(13)6-7-11(14)15-8-9-4-2-1-3-5-9/h7-9,12-13,20-22,25,28H,5-6,10-11,14-19H2,1-4H3,(H,29,31);7-9,12-13,18-20,23-24H,5-6,10-11,14-17H2,1-4H3,(H,26,28);13-15,17,19H,5-12,20H2,1-4H3,(H,21,23);12-14,16-17H,5-11,18H2,1-4H3;3-5,8-9,16H,1-2,6-7,10-12H2,(H,15,17);1-5H,6-8H2,(H,12,13)/t20-,21+,22?,25?,28+;18-,19+,20?,23?,24+;13-,14+,15?,17?,19+;12-,13+,14?,16?,17+;;/m0000../s1. The fraction of sp³-hybridized carbons (Fsp3) is 0.693. The number of hydrogen-bond donors (Lipinski definition) is 8. The van der Waals surface area contributed by atoms with Crippen LogP contribution in [0.1, 0.15) is 287 Å². The molecule has 8 unspecified atom stereocenters. The molecule has 149 heavy (non-hydrogen) atoms. The third-order valence-corrected chi connectivity index (χ3v) is 27.6. The van der Waals surface area contributed by atoms with Crippen LogP contribution in [0.25, 0.3) is 0 Å². The lowest BCUT2D eigenvalue weighted by atomic mass is 9.79. The molecule has 4 aromatic carbocycles. The topological polar surface area (TPSA) is 476 Å². The van der Waals surface area contributed by atoms with Gasteiger partial charge in [-0.1, -0.05) is 269 Å². The number of aliphatic hydroxyl groups is 1. The van der Waals surface area contributed by atoms with Gasteiger partial charge in [0.25, 0.3) is 0 Å². The minimum atomic E-state index is -0.994. The molecule has 20 atom stereocenters. The van der Waals surface area contributed by atoms with Crippen molar-refractivity contribution in [2.75, 3.05) is 98.7 Å². The van der Waals surface area contributed by atoms with E-state index < -0.39 is 11.9 Å². The molecular formula is C114H184N6O29. The number of alkyl carbamates (subject to hydrolysis) is 2. The molecule has 0 bridgehead atoms. The lowest BCUT2D eigenvalue weighted by Gasteiger charge is -2.43. The van der Waals surface area contributed by atoms with Crippen LogP contribution in [0, 0.1) is 71.0 Å². The number of unbranched alkanes of at least 4 members (excludes halogenated alkanes) is 15. The molecule has 0 aromatic heterocycles. The zero-order valence-corrected chi connectivity index (χ0v) is 92.1. The van der Waals surface area contributed by atoms with E-state index in [1.165, 1.54) is 27.7 Å². The molecule has 10 N–H and O–H groups in total. The van der Waals surface area contributed by atoms with Crippen LogP contribution in [-0.4, -0.2) is 224 Å². The van der Waals surface area contributed by atoms with E-state index in [-0.39, 0.29) is 200 Å². The van der Waals surface area contributed by atoms with Gasteiger partial charge in [0.05, 0.1) is 50.2 Å². The van der Waals surface area contributed by atoms with Gasteiger partial charge in [0, 0.05) is 117 Å². The number of ether oxygens (including phenoxy) is 16. The van der Waals surface area contributed by atoms with Crippen LogP contribution < -0.4 is 32.7 Å². The highest BCUT2D eigenvalue weighted by Crippen LogP contribution is 2.40. The molecule has 4 saturated heterocycles. The first-order chi connectivity index (χ1) is 71.5. The zero-order chi connectivity index (χ0) is 110. The second-order valence-corrected chi connectivity index (χ2v) is 39.3. The molecule has 4 aliphatic heterocycles. The molecule has 4 amide bonds. The summed E-state index contributed by atoms with van der Waals surface area (Å²) in [6.07, 6.45) is 17.4. The molecular weight excluding hydrogens is 1920 g/mol. The van der Waals surface area contributed by atoms with Crippen molar-refractivity contribution >= 4 is 65.8 Å². The Bertz CT molecular complexity index is 4230. The Morgan fingerprint density at radius 3 is 0.792 bits per heavy atom. The van der Waals surface area contributed by atoms with Crippen molar-refractivity contribution in [3.8, 4) is 0 Å². The molecule has 0 aliphatic carbocycles. The number of benzene rings is 4. The number of carbonyl (C=O) groups excluding carboxylic acids is 10. The number of aliphatic carboxylic acids is 1. The van der Waals surface area contributed by atoms with Gasteiger partial charge >= 0.3 is 54.0 Å². The molecule has 35 nitrogen and oxygen atoms in total. The van der Waals surface area contributed by atoms with Crippen molar-refractivity contribution in [3.63, 3.8) is 0 Å². The van der Waals surface area contributed by atoms with Gasteiger partial charge in [-0.2, -0.15) is 0 Å². The molecule has 4 fully saturated rings. The van der Waals surface area contributed by atoms with Crippen LogP contribution in [0.3, 0.4) is 0 Å². The van der Waals surface area contributed by atoms with Gasteiger partial charge in [-0.05, 0) is 140 Å². The number of rotatable bonds is 60. The highest BCUT2D eigenvalue weighted by Gasteiger charge is 2.44. The predicted molar refractivity (Wildman–Crippen MR) is 566 cm³/mol. The molecule has 4 heterocycles. The number of amides is 4. The van der Waals surface area contributed by atoms with Gasteiger partial charge in [-0.25, -0.2) is 9.59 Å². The largest absolute Gasteiger partial charge is 0.481 e. The lowest BCUT2D eigenvalue weighted by molar-refractivity contribution is -0.255. The van der Waals surface area contributed by atoms with E-state index in [2.05, 4.69) is 104 Å². The quantitative estimate of drug-likeness (QED) is 0.0116. The van der Waals surface area contributed by atoms with Crippen LogP contribution in [0.2, 0.25) is 0 Å². The summed E-state index contributed by atoms with van der Waals surface area (Å²) < 4.78 is 89.1. The van der Waals surface area contributed by atoms with Crippen LogP contribution in [0.4, 0.5) is 9.59 Å². The fourth-order valence-corrected chi connectivity index (χ4v) is 16.6. The second kappa shape index (κ2) is 81.9. The number of nitrogens with one attached hydrogen (secondary N) is 4. The van der Waals surface area contributed by atoms with E-state index in [0.29, 0.717) is 119 Å². The minimum Gasteiger partial charge on any atom is -0.481 e. The first-order valence-electron chi connectivity index (χ1n) is 54.2. The average molecular weight is 2100 g/mol. The Balaban J connectivity index is 0.000000469. The molecule has 0 spiro atoms. The van der Waals surface area contributed by atoms with Crippen molar-refractivity contribution in [1.29, 1.82) is 0 Å². The van der Waals surface area contributed by atoms with E-state index in [1.54, 1.807) is 0 Å². The predicted octanol–water partition coefficient (Wildman–Crippen LogP) is 17.7. The normalized spacial score (nSPS) is 23.0. The van der Waals surface area contributed by atoms with Crippen LogP contribution in [0.15, 0.2) is 121 Å². The fourth-order valence-electron chi connectivity index (χ4n) is 16.6. The molecule has 35 heteroatoms. The van der Waals surface area contributed by atoms with Crippen LogP contribution >= 0.6 is 0 Å². The maximum absolute atomic E-state index is 11.9. The van der Waals surface area contributed by atoms with E-state index in [9.17, 15) is 52.7 Å². The minimum absolute atomic E-state index is 0.0445. The molecule has 4 aromatic rings. The van der Waals surface area contributed by atoms with Crippen molar-refractivity contribution in [2.24, 2.45) is 82.5 Å². The zero-order valence-electron chi connectivity index (χ0n) is 92.1. The molecule has 0 radical (unpaired) electrons. The van der Waals surface area contributed by atoms with Crippen molar-refractivity contribution < 1.29 is 139 Å². The van der Waals surface area contributed by atoms with Gasteiger partial charge < -0.3 is 119 Å². The Kier molecular flexibility index (Phi) is 73.3. The van der Waals surface area contributed by atoms with Gasteiger partial charge in [-0.3, -0.25) is 43.2 Å². The third-order valence-electron chi connectivity index (χ3n) is 27.6. The summed E-state index contributed by atoms with van der Waals surface area (Å²) in [5, 5.41) is 28.1. The monoisotopic (exact) mass is 2100 g/mol.